The van der Waals surface area contributed by atoms with Crippen LogP contribution in [0.4, 0.5) is 0 Å². The Bertz CT molecular complexity index is 502. The molecule has 0 spiro atoms. The zero-order valence-corrected chi connectivity index (χ0v) is 12.4. The molecule has 1 aromatic carbocycles. The molecule has 2 unspecified atom stereocenters. The van der Waals surface area contributed by atoms with Gasteiger partial charge in [-0.05, 0) is 19.4 Å². The van der Waals surface area contributed by atoms with Crippen molar-refractivity contribution in [2.75, 3.05) is 13.2 Å². The predicted octanol–water partition coefficient (Wildman–Crippen LogP) is 1.94. The summed E-state index contributed by atoms with van der Waals surface area (Å²) in [5.74, 6) is 0.459. The van der Waals surface area contributed by atoms with Gasteiger partial charge in [-0.1, -0.05) is 29.8 Å². The zero-order chi connectivity index (χ0) is 14.4. The van der Waals surface area contributed by atoms with E-state index in [1.807, 2.05) is 0 Å². The van der Waals surface area contributed by atoms with Crippen molar-refractivity contribution in [3.05, 3.63) is 41.6 Å². The highest BCUT2D eigenvalue weighted by molar-refractivity contribution is 6.99. The summed E-state index contributed by atoms with van der Waals surface area (Å²) in [4.78, 5) is 0. The molecule has 0 amide bonds. The van der Waals surface area contributed by atoms with E-state index >= 15 is 0 Å². The van der Waals surface area contributed by atoms with E-state index in [-0.39, 0.29) is 12.6 Å². The van der Waals surface area contributed by atoms with Crippen LogP contribution in [0.25, 0.3) is 0 Å². The van der Waals surface area contributed by atoms with Gasteiger partial charge >= 0.3 is 0 Å². The third-order valence-corrected chi connectivity index (χ3v) is 3.46. The van der Waals surface area contributed by atoms with Gasteiger partial charge in [-0.2, -0.15) is 4.37 Å². The van der Waals surface area contributed by atoms with Crippen LogP contribution in [-0.2, 0) is 0 Å². The van der Waals surface area contributed by atoms with Crippen LogP contribution < -0.4 is 10.1 Å². The molecule has 1 aromatic heterocycles. The van der Waals surface area contributed by atoms with Crippen LogP contribution in [0.5, 0.6) is 5.88 Å². The molecule has 2 aromatic rings. The summed E-state index contributed by atoms with van der Waals surface area (Å²) in [5, 5.41) is 13.1. The fourth-order valence-corrected chi connectivity index (χ4v) is 2.11. The number of benzene rings is 1. The molecule has 2 rings (SSSR count). The van der Waals surface area contributed by atoms with Crippen molar-refractivity contribution in [3.63, 3.8) is 0 Å². The quantitative estimate of drug-likeness (QED) is 0.816. The van der Waals surface area contributed by atoms with Gasteiger partial charge in [0.2, 0.25) is 5.88 Å². The van der Waals surface area contributed by atoms with Gasteiger partial charge in [-0.15, -0.1) is 4.37 Å². The highest BCUT2D eigenvalue weighted by atomic mass is 32.1. The molecule has 0 aliphatic rings. The van der Waals surface area contributed by atoms with Gasteiger partial charge in [0.15, 0.2) is 0 Å². The van der Waals surface area contributed by atoms with Crippen LogP contribution >= 0.6 is 11.7 Å². The number of aliphatic hydroxyl groups is 1. The Morgan fingerprint density at radius 3 is 2.75 bits per heavy atom. The Hall–Kier alpha value is -1.50. The maximum Gasteiger partial charge on any atom is 0.245 e. The number of nitrogens with zero attached hydrogens (tertiary/aromatic N) is 2. The van der Waals surface area contributed by atoms with Crippen molar-refractivity contribution >= 4 is 11.7 Å². The smallest absolute Gasteiger partial charge is 0.245 e. The van der Waals surface area contributed by atoms with Gasteiger partial charge in [0.25, 0.3) is 0 Å². The second-order valence-electron chi connectivity index (χ2n) is 4.75. The van der Waals surface area contributed by atoms with Crippen LogP contribution in [0.15, 0.2) is 30.5 Å². The van der Waals surface area contributed by atoms with Gasteiger partial charge in [0.1, 0.15) is 18.9 Å². The van der Waals surface area contributed by atoms with E-state index in [4.69, 9.17) is 4.74 Å². The Labute approximate surface area is 122 Å². The molecule has 108 valence electrons. The average Bonchev–Trinajstić information content (AvgIpc) is 2.96. The van der Waals surface area contributed by atoms with E-state index in [1.54, 1.807) is 6.20 Å². The summed E-state index contributed by atoms with van der Waals surface area (Å²) in [5.41, 5.74) is 2.44. The lowest BCUT2D eigenvalue weighted by molar-refractivity contribution is 0.102. The molecule has 1 heterocycles. The van der Waals surface area contributed by atoms with E-state index in [9.17, 15) is 5.11 Å². The minimum absolute atomic E-state index is 0.186. The zero-order valence-electron chi connectivity index (χ0n) is 11.6. The van der Waals surface area contributed by atoms with Crippen molar-refractivity contribution in [1.29, 1.82) is 0 Å². The van der Waals surface area contributed by atoms with Gasteiger partial charge in [0.05, 0.1) is 11.7 Å². The number of aryl methyl sites for hydroxylation is 1. The van der Waals surface area contributed by atoms with E-state index in [0.29, 0.717) is 12.4 Å². The lowest BCUT2D eigenvalue weighted by Gasteiger charge is -2.17. The van der Waals surface area contributed by atoms with Crippen LogP contribution in [0.1, 0.15) is 24.1 Å². The first kappa shape index (κ1) is 14.9. The largest absolute Gasteiger partial charge is 0.473 e. The molecule has 0 bridgehead atoms. The molecule has 20 heavy (non-hydrogen) atoms. The molecule has 0 aliphatic carbocycles. The Morgan fingerprint density at radius 1 is 1.35 bits per heavy atom. The molecular weight excluding hydrogens is 274 g/mol. The second-order valence-corrected chi connectivity index (χ2v) is 5.31. The topological polar surface area (TPSA) is 67.3 Å². The Kier molecular flexibility index (Phi) is 5.46. The van der Waals surface area contributed by atoms with Crippen LogP contribution in [-0.4, -0.2) is 33.1 Å². The first-order chi connectivity index (χ1) is 9.65. The molecule has 0 radical (unpaired) electrons. The third-order valence-electron chi connectivity index (χ3n) is 3.00. The first-order valence-corrected chi connectivity index (χ1v) is 7.26. The molecule has 6 heteroatoms. The molecular formula is C14H19N3O2S. The molecule has 0 aliphatic heterocycles. The number of hydrogen-bond acceptors (Lipinski definition) is 6. The van der Waals surface area contributed by atoms with Gasteiger partial charge in [-0.3, -0.25) is 0 Å². The first-order valence-electron chi connectivity index (χ1n) is 6.53. The molecule has 5 nitrogen and oxygen atoms in total. The normalized spacial score (nSPS) is 13.9. The standard InChI is InChI=1S/C14H19N3O2S/c1-10-3-5-12(6-4-10)11(2)15-7-13(18)9-19-14-8-16-20-17-14/h3-6,8,11,13,15,18H,7,9H2,1-2H3. The van der Waals surface area contributed by atoms with E-state index in [0.717, 1.165) is 11.7 Å². The van der Waals surface area contributed by atoms with Crippen molar-refractivity contribution in [2.24, 2.45) is 0 Å². The summed E-state index contributed by atoms with van der Waals surface area (Å²) in [6.45, 7) is 4.81. The number of ether oxygens (including phenoxy) is 1. The highest BCUT2D eigenvalue weighted by Crippen LogP contribution is 2.13. The Morgan fingerprint density at radius 2 is 2.10 bits per heavy atom. The van der Waals surface area contributed by atoms with E-state index < -0.39 is 6.10 Å². The maximum atomic E-state index is 9.86. The van der Waals surface area contributed by atoms with Gasteiger partial charge in [0, 0.05) is 12.6 Å². The molecule has 2 atom stereocenters. The van der Waals surface area contributed by atoms with Crippen LogP contribution in [0.3, 0.4) is 0 Å². The number of nitrogens with one attached hydrogen (secondary N) is 1. The average molecular weight is 293 g/mol. The van der Waals surface area contributed by atoms with Crippen molar-refractivity contribution in [2.45, 2.75) is 26.0 Å². The second kappa shape index (κ2) is 7.33. The highest BCUT2D eigenvalue weighted by Gasteiger charge is 2.10. The van der Waals surface area contributed by atoms with E-state index in [2.05, 4.69) is 52.2 Å². The summed E-state index contributed by atoms with van der Waals surface area (Å²) < 4.78 is 13.1. The number of rotatable bonds is 7. The summed E-state index contributed by atoms with van der Waals surface area (Å²) >= 11 is 1.09. The minimum atomic E-state index is -0.579. The fraction of sp³-hybridized carbons (Fsp3) is 0.429. The van der Waals surface area contributed by atoms with Gasteiger partial charge in [-0.25, -0.2) is 0 Å². The lowest BCUT2D eigenvalue weighted by Crippen LogP contribution is -2.33. The number of hydrogen-bond donors (Lipinski definition) is 2. The van der Waals surface area contributed by atoms with E-state index in [1.165, 1.54) is 11.1 Å². The fourth-order valence-electron chi connectivity index (χ4n) is 1.75. The number of aromatic nitrogens is 2. The van der Waals surface area contributed by atoms with Crippen LogP contribution in [0, 0.1) is 6.92 Å². The summed E-state index contributed by atoms with van der Waals surface area (Å²) in [6, 6.07) is 8.55. The summed E-state index contributed by atoms with van der Waals surface area (Å²) in [6.07, 6.45) is 0.962. The lowest BCUT2D eigenvalue weighted by atomic mass is 10.1. The van der Waals surface area contributed by atoms with Crippen LogP contribution in [0.2, 0.25) is 0 Å². The molecule has 0 saturated carbocycles. The maximum absolute atomic E-state index is 9.86. The molecule has 2 N–H and O–H groups in total. The minimum Gasteiger partial charge on any atom is -0.473 e. The van der Waals surface area contributed by atoms with Crippen molar-refractivity contribution in [1.82, 2.24) is 14.1 Å². The molecule has 0 fully saturated rings. The van der Waals surface area contributed by atoms with Crippen molar-refractivity contribution in [3.8, 4) is 5.88 Å². The Balaban J connectivity index is 1.72. The van der Waals surface area contributed by atoms with Gasteiger partial charge < -0.3 is 15.2 Å². The molecule has 0 saturated heterocycles. The number of aliphatic hydroxyl groups excluding tert-OH is 1. The predicted molar refractivity (Wildman–Crippen MR) is 79.0 cm³/mol. The monoisotopic (exact) mass is 293 g/mol. The van der Waals surface area contributed by atoms with Crippen molar-refractivity contribution < 1.29 is 9.84 Å². The SMILES string of the molecule is Cc1ccc(C(C)NCC(O)COc2cnsn2)cc1. The third kappa shape index (κ3) is 4.56. The summed E-state index contributed by atoms with van der Waals surface area (Å²) in [7, 11) is 0.